The number of rotatable bonds is 4. The molecule has 6 nitrogen and oxygen atoms in total. The highest BCUT2D eigenvalue weighted by Crippen LogP contribution is 2.48. The number of carbonyl (C=O) groups is 2. The maximum atomic E-state index is 14.3. The molecular formula is C21H15F4N3O3. The zero-order chi connectivity index (χ0) is 22.2. The average Bonchev–Trinajstić information content (AvgIpc) is 3.26. The molecule has 0 aliphatic carbocycles. The molecule has 0 saturated heterocycles. The number of amides is 2. The first-order valence-electron chi connectivity index (χ1n) is 9.08. The van der Waals surface area contributed by atoms with Crippen molar-refractivity contribution in [2.45, 2.75) is 11.8 Å². The van der Waals surface area contributed by atoms with Crippen LogP contribution in [0.4, 0.5) is 28.0 Å². The Balaban J connectivity index is 1.74. The number of anilines is 1. The summed E-state index contributed by atoms with van der Waals surface area (Å²) in [4.78, 5) is 27.2. The average molecular weight is 433 g/mol. The van der Waals surface area contributed by atoms with Crippen molar-refractivity contribution >= 4 is 17.7 Å². The molecule has 2 heterocycles. The molecule has 4 rings (SSSR count). The molecule has 0 saturated carbocycles. The van der Waals surface area contributed by atoms with E-state index in [0.717, 1.165) is 24.3 Å². The number of benzene rings is 2. The van der Waals surface area contributed by atoms with E-state index in [2.05, 4.69) is 15.6 Å². The van der Waals surface area contributed by atoms with Gasteiger partial charge in [-0.1, -0.05) is 6.07 Å². The highest BCUT2D eigenvalue weighted by Gasteiger charge is 2.62. The summed E-state index contributed by atoms with van der Waals surface area (Å²) in [7, 11) is 0. The maximum absolute atomic E-state index is 14.3. The van der Waals surface area contributed by atoms with Crippen LogP contribution in [0, 0.1) is 5.82 Å². The number of carbonyl (C=O) groups excluding carboxylic acids is 2. The molecule has 1 aromatic heterocycles. The summed E-state index contributed by atoms with van der Waals surface area (Å²) in [6.45, 7) is -1.07. The van der Waals surface area contributed by atoms with Gasteiger partial charge < -0.3 is 15.0 Å². The van der Waals surface area contributed by atoms with Crippen LogP contribution in [0.2, 0.25) is 0 Å². The molecule has 160 valence electrons. The van der Waals surface area contributed by atoms with Crippen LogP contribution in [-0.2, 0) is 10.3 Å². The highest BCUT2D eigenvalue weighted by atomic mass is 19.4. The Bertz CT molecular complexity index is 1130. The number of cyclic esters (lactones) is 1. The van der Waals surface area contributed by atoms with E-state index in [0.29, 0.717) is 11.3 Å². The van der Waals surface area contributed by atoms with Crippen LogP contribution in [-0.4, -0.2) is 29.7 Å². The summed E-state index contributed by atoms with van der Waals surface area (Å²) < 4.78 is 60.8. The van der Waals surface area contributed by atoms with Crippen molar-refractivity contribution in [2.24, 2.45) is 0 Å². The van der Waals surface area contributed by atoms with Crippen molar-refractivity contribution in [1.82, 2.24) is 10.3 Å². The van der Waals surface area contributed by atoms with Crippen molar-refractivity contribution < 1.29 is 31.9 Å². The summed E-state index contributed by atoms with van der Waals surface area (Å²) >= 11 is 0. The third-order valence-corrected chi connectivity index (χ3v) is 4.93. The van der Waals surface area contributed by atoms with Crippen molar-refractivity contribution in [3.05, 3.63) is 77.7 Å². The van der Waals surface area contributed by atoms with Crippen LogP contribution in [0.25, 0.3) is 11.3 Å². The number of aromatic nitrogens is 1. The second kappa shape index (κ2) is 7.46. The standard InChI is InChI=1S/C21H15F4N3O3/c22-14-6-3-12(4-7-14)18(29)27-11-20(21(23,24)25)15-10-13(16-2-1-9-26-16)5-8-17(15)28-19(30)31-20/h1-10,26H,11H2,(H,27,29)(H,28,30). The van der Waals surface area contributed by atoms with E-state index >= 15 is 0 Å². The van der Waals surface area contributed by atoms with Gasteiger partial charge in [0.2, 0.25) is 0 Å². The molecule has 0 radical (unpaired) electrons. The molecule has 2 amide bonds. The fraction of sp³-hybridized carbons (Fsp3) is 0.143. The van der Waals surface area contributed by atoms with E-state index in [1.54, 1.807) is 24.4 Å². The van der Waals surface area contributed by atoms with Crippen LogP contribution in [0.1, 0.15) is 15.9 Å². The summed E-state index contributed by atoms with van der Waals surface area (Å²) in [6.07, 6.45) is -4.73. The summed E-state index contributed by atoms with van der Waals surface area (Å²) in [5, 5.41) is 4.42. The molecule has 0 bridgehead atoms. The summed E-state index contributed by atoms with van der Waals surface area (Å²) in [5.74, 6) is -1.47. The van der Waals surface area contributed by atoms with Gasteiger partial charge >= 0.3 is 12.3 Å². The van der Waals surface area contributed by atoms with E-state index < -0.39 is 36.1 Å². The fourth-order valence-corrected chi connectivity index (χ4v) is 3.36. The molecule has 3 N–H and O–H groups in total. The predicted octanol–water partition coefficient (Wildman–Crippen LogP) is 4.57. The fourth-order valence-electron chi connectivity index (χ4n) is 3.36. The predicted molar refractivity (Wildman–Crippen MR) is 103 cm³/mol. The molecule has 1 aliphatic rings. The number of aromatic amines is 1. The lowest BCUT2D eigenvalue weighted by Gasteiger charge is -2.39. The van der Waals surface area contributed by atoms with Crippen LogP contribution < -0.4 is 10.6 Å². The van der Waals surface area contributed by atoms with E-state index in [4.69, 9.17) is 4.74 Å². The van der Waals surface area contributed by atoms with Gasteiger partial charge in [0.25, 0.3) is 11.5 Å². The Morgan fingerprint density at radius 3 is 2.48 bits per heavy atom. The monoisotopic (exact) mass is 433 g/mol. The van der Waals surface area contributed by atoms with E-state index in [1.807, 2.05) is 0 Å². The Morgan fingerprint density at radius 1 is 1.10 bits per heavy atom. The maximum Gasteiger partial charge on any atom is 0.434 e. The molecule has 1 unspecified atom stereocenters. The lowest BCUT2D eigenvalue weighted by atomic mass is 9.88. The van der Waals surface area contributed by atoms with Gasteiger partial charge in [0.1, 0.15) is 5.82 Å². The first-order valence-corrected chi connectivity index (χ1v) is 9.08. The Morgan fingerprint density at radius 2 is 1.84 bits per heavy atom. The van der Waals surface area contributed by atoms with Crippen LogP contribution >= 0.6 is 0 Å². The van der Waals surface area contributed by atoms with E-state index in [1.165, 1.54) is 12.1 Å². The Labute approximate surface area is 173 Å². The molecular weight excluding hydrogens is 418 g/mol. The molecule has 1 aliphatic heterocycles. The Kier molecular flexibility index (Phi) is 4.92. The number of ether oxygens (including phenoxy) is 1. The SMILES string of the molecule is O=C1Nc2ccc(-c3ccc[nH]3)cc2C(CNC(=O)c2ccc(F)cc2)(C(F)(F)F)O1. The number of fused-ring (bicyclic) bond motifs is 1. The molecule has 0 fully saturated rings. The van der Waals surface area contributed by atoms with Gasteiger partial charge in [0, 0.05) is 23.0 Å². The van der Waals surface area contributed by atoms with E-state index in [9.17, 15) is 27.2 Å². The number of hydrogen-bond acceptors (Lipinski definition) is 3. The third-order valence-electron chi connectivity index (χ3n) is 4.93. The molecule has 31 heavy (non-hydrogen) atoms. The molecule has 3 aromatic rings. The van der Waals surface area contributed by atoms with E-state index in [-0.39, 0.29) is 16.8 Å². The third kappa shape index (κ3) is 3.72. The number of alkyl halides is 3. The minimum atomic E-state index is -5.05. The largest absolute Gasteiger partial charge is 0.434 e. The number of halogens is 4. The first kappa shape index (κ1) is 20.5. The lowest BCUT2D eigenvalue weighted by Crippen LogP contribution is -2.56. The normalized spacial score (nSPS) is 18.0. The van der Waals surface area contributed by atoms with Crippen molar-refractivity contribution in [3.63, 3.8) is 0 Å². The van der Waals surface area contributed by atoms with Crippen molar-refractivity contribution in [3.8, 4) is 11.3 Å². The second-order valence-electron chi connectivity index (χ2n) is 6.87. The van der Waals surface area contributed by atoms with Gasteiger partial charge in [0.05, 0.1) is 12.2 Å². The summed E-state index contributed by atoms with van der Waals surface area (Å²) in [6, 6.07) is 11.8. The van der Waals surface area contributed by atoms with Gasteiger partial charge in [-0.05, 0) is 54.1 Å². The number of H-pyrrole nitrogens is 1. The van der Waals surface area contributed by atoms with Gasteiger partial charge in [0.15, 0.2) is 0 Å². The topological polar surface area (TPSA) is 83.2 Å². The zero-order valence-corrected chi connectivity index (χ0v) is 15.7. The number of nitrogens with one attached hydrogen (secondary N) is 3. The van der Waals surface area contributed by atoms with Crippen molar-refractivity contribution in [1.29, 1.82) is 0 Å². The van der Waals surface area contributed by atoms with Gasteiger partial charge in [-0.3, -0.25) is 10.1 Å². The quantitative estimate of drug-likeness (QED) is 0.527. The molecule has 2 aromatic carbocycles. The van der Waals surface area contributed by atoms with Gasteiger partial charge in [-0.25, -0.2) is 9.18 Å². The minimum absolute atomic E-state index is 0.0423. The minimum Gasteiger partial charge on any atom is -0.426 e. The van der Waals surface area contributed by atoms with Gasteiger partial charge in [-0.2, -0.15) is 13.2 Å². The second-order valence-corrected chi connectivity index (χ2v) is 6.87. The van der Waals surface area contributed by atoms with Crippen LogP contribution in [0.3, 0.4) is 0 Å². The molecule has 0 spiro atoms. The smallest absolute Gasteiger partial charge is 0.426 e. The first-order chi connectivity index (χ1) is 14.7. The summed E-state index contributed by atoms with van der Waals surface area (Å²) in [5.41, 5.74) is -2.61. The Hall–Kier alpha value is -3.82. The zero-order valence-electron chi connectivity index (χ0n) is 15.7. The van der Waals surface area contributed by atoms with Crippen LogP contribution in [0.15, 0.2) is 60.8 Å². The highest BCUT2D eigenvalue weighted by molar-refractivity contribution is 5.94. The molecule has 10 heteroatoms. The number of hydrogen-bond donors (Lipinski definition) is 3. The van der Waals surface area contributed by atoms with Crippen LogP contribution in [0.5, 0.6) is 0 Å². The van der Waals surface area contributed by atoms with Crippen molar-refractivity contribution in [2.75, 3.05) is 11.9 Å². The molecule has 1 atom stereocenters. The lowest BCUT2D eigenvalue weighted by molar-refractivity contribution is -0.261. The van der Waals surface area contributed by atoms with Gasteiger partial charge in [-0.15, -0.1) is 0 Å².